The number of benzene rings is 2. The molecule has 0 unspecified atom stereocenters. The van der Waals surface area contributed by atoms with Gasteiger partial charge in [-0.25, -0.2) is 9.37 Å². The van der Waals surface area contributed by atoms with Crippen LogP contribution in [0.2, 0.25) is 0 Å². The van der Waals surface area contributed by atoms with Crippen LogP contribution in [-0.4, -0.2) is 15.8 Å². The molecule has 0 aliphatic heterocycles. The smallest absolute Gasteiger partial charge is 0.292 e. The summed E-state index contributed by atoms with van der Waals surface area (Å²) >= 11 is 1.31. The fourth-order valence-corrected chi connectivity index (χ4v) is 3.04. The minimum absolute atomic E-state index is 0.0144. The Kier molecular flexibility index (Phi) is 5.18. The number of nitro groups is 1. The SMILES string of the molecule is O=C(Cc1csc(-c2cccc(F)c2)n1)NNc1ccccc1[N+](=O)[O-]. The van der Waals surface area contributed by atoms with E-state index in [4.69, 9.17) is 0 Å². The van der Waals surface area contributed by atoms with Gasteiger partial charge >= 0.3 is 0 Å². The summed E-state index contributed by atoms with van der Waals surface area (Å²) in [5.74, 6) is -0.759. The summed E-state index contributed by atoms with van der Waals surface area (Å²) in [4.78, 5) is 26.7. The van der Waals surface area contributed by atoms with Gasteiger partial charge in [0.15, 0.2) is 0 Å². The fourth-order valence-electron chi connectivity index (χ4n) is 2.23. The van der Waals surface area contributed by atoms with Gasteiger partial charge in [0, 0.05) is 17.0 Å². The van der Waals surface area contributed by atoms with Gasteiger partial charge in [-0.1, -0.05) is 24.3 Å². The van der Waals surface area contributed by atoms with Crippen LogP contribution in [0.1, 0.15) is 5.69 Å². The van der Waals surface area contributed by atoms with E-state index in [0.717, 1.165) is 0 Å². The Balaban J connectivity index is 1.62. The first-order valence-electron chi connectivity index (χ1n) is 7.51. The Labute approximate surface area is 151 Å². The monoisotopic (exact) mass is 372 g/mol. The summed E-state index contributed by atoms with van der Waals surface area (Å²) in [5.41, 5.74) is 6.16. The maximum atomic E-state index is 13.3. The number of hydrazine groups is 1. The minimum atomic E-state index is -0.541. The number of thiazole rings is 1. The Bertz CT molecular complexity index is 960. The number of nitro benzene ring substituents is 1. The molecule has 0 aliphatic carbocycles. The Morgan fingerprint density at radius 1 is 1.23 bits per heavy atom. The molecule has 9 heteroatoms. The van der Waals surface area contributed by atoms with Gasteiger partial charge in [0.2, 0.25) is 5.91 Å². The number of amides is 1. The number of aromatic nitrogens is 1. The molecule has 7 nitrogen and oxygen atoms in total. The molecule has 132 valence electrons. The molecule has 1 amide bonds. The van der Waals surface area contributed by atoms with Crippen LogP contribution in [0.4, 0.5) is 15.8 Å². The largest absolute Gasteiger partial charge is 0.294 e. The van der Waals surface area contributed by atoms with Crippen LogP contribution >= 0.6 is 11.3 Å². The molecule has 0 aliphatic rings. The number of para-hydroxylation sites is 2. The number of hydrogen-bond donors (Lipinski definition) is 2. The predicted octanol–water partition coefficient (Wildman–Crippen LogP) is 3.54. The van der Waals surface area contributed by atoms with Crippen LogP contribution in [-0.2, 0) is 11.2 Å². The van der Waals surface area contributed by atoms with Gasteiger partial charge in [-0.05, 0) is 18.2 Å². The molecule has 0 bridgehead atoms. The molecule has 0 radical (unpaired) electrons. The first-order chi connectivity index (χ1) is 12.5. The van der Waals surface area contributed by atoms with E-state index >= 15 is 0 Å². The van der Waals surface area contributed by atoms with Gasteiger partial charge in [0.1, 0.15) is 16.5 Å². The Morgan fingerprint density at radius 2 is 2.04 bits per heavy atom. The first-order valence-corrected chi connectivity index (χ1v) is 8.39. The number of carbonyl (C=O) groups excluding carboxylic acids is 1. The standard InChI is InChI=1S/C17H13FN4O3S/c18-12-5-3-4-11(8-12)17-19-13(10-26-17)9-16(23)21-20-14-6-1-2-7-15(14)22(24)25/h1-8,10,20H,9H2,(H,21,23). The van der Waals surface area contributed by atoms with Crippen molar-refractivity contribution in [2.24, 2.45) is 0 Å². The van der Waals surface area contributed by atoms with Crippen molar-refractivity contribution in [1.82, 2.24) is 10.4 Å². The number of halogens is 1. The third-order valence-corrected chi connectivity index (χ3v) is 4.34. The molecule has 0 atom stereocenters. The van der Waals surface area contributed by atoms with E-state index < -0.39 is 10.8 Å². The highest BCUT2D eigenvalue weighted by atomic mass is 32.1. The lowest BCUT2D eigenvalue weighted by atomic mass is 10.2. The molecule has 0 spiro atoms. The highest BCUT2D eigenvalue weighted by Gasteiger charge is 2.14. The van der Waals surface area contributed by atoms with Crippen molar-refractivity contribution in [1.29, 1.82) is 0 Å². The number of nitrogens with one attached hydrogen (secondary N) is 2. The van der Waals surface area contributed by atoms with Crippen molar-refractivity contribution < 1.29 is 14.1 Å². The van der Waals surface area contributed by atoms with Gasteiger partial charge in [-0.2, -0.15) is 0 Å². The average Bonchev–Trinajstić information content (AvgIpc) is 3.08. The molecule has 26 heavy (non-hydrogen) atoms. The van der Waals surface area contributed by atoms with Crippen molar-refractivity contribution >= 4 is 28.6 Å². The van der Waals surface area contributed by atoms with Crippen molar-refractivity contribution in [2.75, 3.05) is 5.43 Å². The minimum Gasteiger partial charge on any atom is -0.292 e. The Morgan fingerprint density at radius 3 is 2.81 bits per heavy atom. The number of anilines is 1. The summed E-state index contributed by atoms with van der Waals surface area (Å²) in [5, 5.41) is 13.3. The predicted molar refractivity (Wildman–Crippen MR) is 96.1 cm³/mol. The summed E-state index contributed by atoms with van der Waals surface area (Å²) in [7, 11) is 0. The van der Waals surface area contributed by atoms with E-state index in [0.29, 0.717) is 16.3 Å². The number of rotatable bonds is 6. The van der Waals surface area contributed by atoms with Crippen molar-refractivity contribution in [2.45, 2.75) is 6.42 Å². The molecular weight excluding hydrogens is 359 g/mol. The lowest BCUT2D eigenvalue weighted by Crippen LogP contribution is -2.31. The molecule has 0 fully saturated rings. The van der Waals surface area contributed by atoms with Crippen LogP contribution in [0.5, 0.6) is 0 Å². The van der Waals surface area contributed by atoms with E-state index in [2.05, 4.69) is 15.8 Å². The number of hydrogen-bond acceptors (Lipinski definition) is 6. The molecule has 0 saturated carbocycles. The second-order valence-electron chi connectivity index (χ2n) is 5.28. The summed E-state index contributed by atoms with van der Waals surface area (Å²) < 4.78 is 13.3. The zero-order valence-corrected chi connectivity index (χ0v) is 14.1. The van der Waals surface area contributed by atoms with Gasteiger partial charge in [-0.3, -0.25) is 25.8 Å². The van der Waals surface area contributed by atoms with E-state index in [1.165, 1.54) is 41.7 Å². The van der Waals surface area contributed by atoms with Crippen molar-refractivity contribution in [3.05, 3.63) is 75.5 Å². The molecule has 1 heterocycles. The zero-order valence-electron chi connectivity index (χ0n) is 13.3. The van der Waals surface area contributed by atoms with Crippen LogP contribution in [0.25, 0.3) is 10.6 Å². The Hall–Kier alpha value is -3.33. The molecular formula is C17H13FN4O3S. The van der Waals surface area contributed by atoms with Gasteiger partial charge in [0.05, 0.1) is 17.0 Å². The highest BCUT2D eigenvalue weighted by Crippen LogP contribution is 2.25. The van der Waals surface area contributed by atoms with E-state index in [1.54, 1.807) is 23.6 Å². The van der Waals surface area contributed by atoms with E-state index in [1.807, 2.05) is 0 Å². The third-order valence-electron chi connectivity index (χ3n) is 3.40. The highest BCUT2D eigenvalue weighted by molar-refractivity contribution is 7.13. The van der Waals surface area contributed by atoms with Crippen LogP contribution in [0.3, 0.4) is 0 Å². The zero-order chi connectivity index (χ0) is 18.5. The molecule has 3 aromatic rings. The third kappa shape index (κ3) is 4.19. The fraction of sp³-hybridized carbons (Fsp3) is 0.0588. The number of nitrogens with zero attached hydrogens (tertiary/aromatic N) is 2. The van der Waals surface area contributed by atoms with Crippen LogP contribution < -0.4 is 10.9 Å². The maximum absolute atomic E-state index is 13.3. The topological polar surface area (TPSA) is 97.2 Å². The maximum Gasteiger partial charge on any atom is 0.294 e. The van der Waals surface area contributed by atoms with Gasteiger partial charge in [-0.15, -0.1) is 11.3 Å². The molecule has 2 aromatic carbocycles. The lowest BCUT2D eigenvalue weighted by molar-refractivity contribution is -0.384. The summed E-state index contributed by atoms with van der Waals surface area (Å²) in [6.07, 6.45) is -0.0144. The van der Waals surface area contributed by atoms with Crippen LogP contribution in [0, 0.1) is 15.9 Å². The van der Waals surface area contributed by atoms with Gasteiger partial charge in [0.25, 0.3) is 5.69 Å². The van der Waals surface area contributed by atoms with Crippen molar-refractivity contribution in [3.63, 3.8) is 0 Å². The molecule has 2 N–H and O–H groups in total. The molecule has 1 aromatic heterocycles. The normalized spacial score (nSPS) is 10.3. The van der Waals surface area contributed by atoms with Crippen molar-refractivity contribution in [3.8, 4) is 10.6 Å². The van der Waals surface area contributed by atoms with E-state index in [9.17, 15) is 19.3 Å². The second-order valence-corrected chi connectivity index (χ2v) is 6.14. The quantitative estimate of drug-likeness (QED) is 0.509. The summed E-state index contributed by atoms with van der Waals surface area (Å²) in [6.45, 7) is 0. The van der Waals surface area contributed by atoms with Crippen LogP contribution in [0.15, 0.2) is 53.9 Å². The number of carbonyl (C=O) groups is 1. The lowest BCUT2D eigenvalue weighted by Gasteiger charge is -2.08. The van der Waals surface area contributed by atoms with E-state index in [-0.39, 0.29) is 23.6 Å². The molecule has 0 saturated heterocycles. The summed E-state index contributed by atoms with van der Waals surface area (Å²) in [6, 6.07) is 12.0. The average molecular weight is 372 g/mol. The first kappa shape index (κ1) is 17.5. The second kappa shape index (κ2) is 7.70. The molecule has 3 rings (SSSR count). The van der Waals surface area contributed by atoms with Gasteiger partial charge < -0.3 is 0 Å².